The lowest BCUT2D eigenvalue weighted by Crippen LogP contribution is -2.14. The minimum Gasteiger partial charge on any atom is -0.475 e. The van der Waals surface area contributed by atoms with Gasteiger partial charge in [-0.3, -0.25) is 0 Å². The topological polar surface area (TPSA) is 52.6 Å². The molecule has 0 amide bonds. The smallest absolute Gasteiger partial charge is 0.218 e. The van der Waals surface area contributed by atoms with Gasteiger partial charge in [-0.05, 0) is 32.5 Å². The molecule has 0 fully saturated rings. The van der Waals surface area contributed by atoms with Crippen molar-refractivity contribution in [3.05, 3.63) is 22.9 Å². The Kier molecular flexibility index (Phi) is 7.40. The molecule has 1 aromatic rings. The highest BCUT2D eigenvalue weighted by Gasteiger charge is 2.09. The van der Waals surface area contributed by atoms with Gasteiger partial charge in [0.05, 0.1) is 19.8 Å². The number of methoxy groups -OCH3 is 1. The zero-order valence-corrected chi connectivity index (χ0v) is 12.3. The maximum atomic E-state index is 5.71. The minimum absolute atomic E-state index is 0.496. The monoisotopic (exact) mass is 268 g/mol. The van der Waals surface area contributed by atoms with Gasteiger partial charge in [0.25, 0.3) is 0 Å². The van der Waals surface area contributed by atoms with E-state index in [1.54, 1.807) is 7.11 Å². The average Bonchev–Trinajstić information content (AvgIpc) is 2.37. The van der Waals surface area contributed by atoms with Gasteiger partial charge in [0.15, 0.2) is 0 Å². The van der Waals surface area contributed by atoms with Crippen molar-refractivity contribution in [1.29, 1.82) is 0 Å². The fraction of sp³-hybridized carbons (Fsp3) is 0.643. The van der Waals surface area contributed by atoms with E-state index in [4.69, 9.17) is 14.2 Å². The molecule has 0 radical (unpaired) electrons. The molecular weight excluding hydrogens is 244 g/mol. The van der Waals surface area contributed by atoms with E-state index in [0.29, 0.717) is 32.3 Å². The molecule has 19 heavy (non-hydrogen) atoms. The Bertz CT molecular complexity index is 383. The van der Waals surface area contributed by atoms with Crippen LogP contribution in [0.2, 0.25) is 0 Å². The van der Waals surface area contributed by atoms with Crippen LogP contribution >= 0.6 is 0 Å². The van der Waals surface area contributed by atoms with E-state index in [-0.39, 0.29) is 0 Å². The fourth-order valence-corrected chi connectivity index (χ4v) is 1.78. The van der Waals surface area contributed by atoms with E-state index in [9.17, 15) is 0 Å². The highest BCUT2D eigenvalue weighted by atomic mass is 16.5. The Labute approximate surface area is 115 Å². The largest absolute Gasteiger partial charge is 0.475 e. The Hall–Kier alpha value is -1.17. The minimum atomic E-state index is 0.496. The van der Waals surface area contributed by atoms with Gasteiger partial charge in [0.2, 0.25) is 5.88 Å². The van der Waals surface area contributed by atoms with Crippen LogP contribution in [0.3, 0.4) is 0 Å². The van der Waals surface area contributed by atoms with Crippen molar-refractivity contribution in [2.75, 3.05) is 40.6 Å². The molecule has 5 nitrogen and oxygen atoms in total. The number of rotatable bonds is 9. The van der Waals surface area contributed by atoms with E-state index in [1.807, 2.05) is 14.0 Å². The van der Waals surface area contributed by atoms with Gasteiger partial charge in [-0.1, -0.05) is 0 Å². The second-order valence-electron chi connectivity index (χ2n) is 4.35. The van der Waals surface area contributed by atoms with E-state index in [1.165, 1.54) is 5.56 Å². The van der Waals surface area contributed by atoms with Crippen molar-refractivity contribution < 1.29 is 14.2 Å². The summed E-state index contributed by atoms with van der Waals surface area (Å²) >= 11 is 0. The summed E-state index contributed by atoms with van der Waals surface area (Å²) in [7, 11) is 3.57. The first-order valence-corrected chi connectivity index (χ1v) is 6.50. The summed E-state index contributed by atoms with van der Waals surface area (Å²) in [5, 5.41) is 3.14. The summed E-state index contributed by atoms with van der Waals surface area (Å²) in [6, 6.07) is 2.06. The van der Waals surface area contributed by atoms with Crippen molar-refractivity contribution >= 4 is 0 Å². The summed E-state index contributed by atoms with van der Waals surface area (Å²) in [6.45, 7) is 7.02. The molecule has 0 saturated heterocycles. The predicted octanol–water partition coefficient (Wildman–Crippen LogP) is 1.46. The van der Waals surface area contributed by atoms with E-state index in [0.717, 1.165) is 17.8 Å². The zero-order chi connectivity index (χ0) is 14.1. The summed E-state index contributed by atoms with van der Waals surface area (Å²) in [6.07, 6.45) is 0. The van der Waals surface area contributed by atoms with Crippen molar-refractivity contribution in [2.24, 2.45) is 0 Å². The third kappa shape index (κ3) is 5.55. The van der Waals surface area contributed by atoms with Crippen molar-refractivity contribution in [2.45, 2.75) is 20.4 Å². The molecule has 0 bridgehead atoms. The second-order valence-corrected chi connectivity index (χ2v) is 4.35. The van der Waals surface area contributed by atoms with Gasteiger partial charge in [0.1, 0.15) is 6.61 Å². The highest BCUT2D eigenvalue weighted by molar-refractivity contribution is 5.35. The van der Waals surface area contributed by atoms with Crippen molar-refractivity contribution in [1.82, 2.24) is 10.3 Å². The third-order valence-electron chi connectivity index (χ3n) is 2.69. The maximum absolute atomic E-state index is 5.71. The van der Waals surface area contributed by atoms with Crippen LogP contribution in [0.15, 0.2) is 6.07 Å². The van der Waals surface area contributed by atoms with Gasteiger partial charge in [-0.25, -0.2) is 4.98 Å². The van der Waals surface area contributed by atoms with Crippen LogP contribution in [-0.2, 0) is 16.0 Å². The van der Waals surface area contributed by atoms with Crippen LogP contribution in [0.25, 0.3) is 0 Å². The SMILES string of the molecule is CNCc1c(C)cc(C)nc1OCCOCCOC. The summed E-state index contributed by atoms with van der Waals surface area (Å²) in [5.41, 5.74) is 3.26. The lowest BCUT2D eigenvalue weighted by molar-refractivity contribution is 0.0534. The Balaban J connectivity index is 2.51. The molecule has 0 aliphatic carbocycles. The number of nitrogens with one attached hydrogen (secondary N) is 1. The van der Waals surface area contributed by atoms with Crippen molar-refractivity contribution in [3.8, 4) is 5.88 Å². The highest BCUT2D eigenvalue weighted by Crippen LogP contribution is 2.20. The summed E-state index contributed by atoms with van der Waals surface area (Å²) in [4.78, 5) is 4.44. The Morgan fingerprint density at radius 3 is 2.58 bits per heavy atom. The molecule has 0 aliphatic heterocycles. The first-order valence-electron chi connectivity index (χ1n) is 6.50. The first-order chi connectivity index (χ1) is 9.19. The molecule has 0 unspecified atom stereocenters. The van der Waals surface area contributed by atoms with E-state index < -0.39 is 0 Å². The van der Waals surface area contributed by atoms with Crippen molar-refractivity contribution in [3.63, 3.8) is 0 Å². The van der Waals surface area contributed by atoms with Crippen LogP contribution in [0, 0.1) is 13.8 Å². The number of hydrogen-bond acceptors (Lipinski definition) is 5. The molecular formula is C14H24N2O3. The quantitative estimate of drug-likeness (QED) is 0.687. The standard InChI is InChI=1S/C14H24N2O3/c1-11-9-12(2)16-14(13(11)10-15-3)19-8-7-18-6-5-17-4/h9,15H,5-8,10H2,1-4H3. The van der Waals surface area contributed by atoms with Crippen LogP contribution in [0.4, 0.5) is 0 Å². The van der Waals surface area contributed by atoms with Gasteiger partial charge in [-0.2, -0.15) is 0 Å². The molecule has 0 atom stereocenters. The molecule has 1 heterocycles. The number of nitrogens with zero attached hydrogens (tertiary/aromatic N) is 1. The number of aromatic nitrogens is 1. The number of aryl methyl sites for hydroxylation is 2. The summed E-state index contributed by atoms with van der Waals surface area (Å²) in [5.74, 6) is 0.696. The van der Waals surface area contributed by atoms with E-state index >= 15 is 0 Å². The molecule has 0 saturated carbocycles. The molecule has 0 aliphatic rings. The molecule has 0 aromatic carbocycles. The van der Waals surface area contributed by atoms with Gasteiger partial charge >= 0.3 is 0 Å². The molecule has 108 valence electrons. The Morgan fingerprint density at radius 1 is 1.16 bits per heavy atom. The maximum Gasteiger partial charge on any atom is 0.218 e. The predicted molar refractivity (Wildman–Crippen MR) is 74.7 cm³/mol. The van der Waals surface area contributed by atoms with Crippen LogP contribution < -0.4 is 10.1 Å². The first kappa shape index (κ1) is 15.9. The fourth-order valence-electron chi connectivity index (χ4n) is 1.78. The van der Waals surface area contributed by atoms with Gasteiger partial charge in [0, 0.05) is 24.9 Å². The molecule has 1 N–H and O–H groups in total. The lowest BCUT2D eigenvalue weighted by Gasteiger charge is -2.13. The summed E-state index contributed by atoms with van der Waals surface area (Å²) < 4.78 is 16.0. The normalized spacial score (nSPS) is 10.7. The van der Waals surface area contributed by atoms with Crippen LogP contribution in [-0.4, -0.2) is 45.6 Å². The van der Waals surface area contributed by atoms with E-state index in [2.05, 4.69) is 23.3 Å². The molecule has 5 heteroatoms. The number of ether oxygens (including phenoxy) is 3. The van der Waals surface area contributed by atoms with Gasteiger partial charge in [-0.15, -0.1) is 0 Å². The second kappa shape index (κ2) is 8.85. The Morgan fingerprint density at radius 2 is 1.89 bits per heavy atom. The van der Waals surface area contributed by atoms with Crippen LogP contribution in [0.5, 0.6) is 5.88 Å². The number of pyridine rings is 1. The zero-order valence-electron chi connectivity index (χ0n) is 12.3. The average molecular weight is 268 g/mol. The molecule has 1 rings (SSSR count). The lowest BCUT2D eigenvalue weighted by atomic mass is 10.1. The number of hydrogen-bond donors (Lipinski definition) is 1. The third-order valence-corrected chi connectivity index (χ3v) is 2.69. The van der Waals surface area contributed by atoms with Gasteiger partial charge < -0.3 is 19.5 Å². The molecule has 1 aromatic heterocycles. The van der Waals surface area contributed by atoms with Crippen LogP contribution in [0.1, 0.15) is 16.8 Å². The molecule has 0 spiro atoms.